The lowest BCUT2D eigenvalue weighted by Crippen LogP contribution is -2.14. The Bertz CT molecular complexity index is 515. The van der Waals surface area contributed by atoms with Crippen LogP contribution in [0.5, 0.6) is 0 Å². The molecule has 7 heteroatoms. The van der Waals surface area contributed by atoms with Gasteiger partial charge in [-0.2, -0.15) is 8.78 Å². The molecular formula is C9HF7. The minimum absolute atomic E-state index is 0.187. The van der Waals surface area contributed by atoms with Crippen LogP contribution in [0, 0.1) is 17.5 Å². The number of allylic oxidation sites excluding steroid dienone is 1. The van der Waals surface area contributed by atoms with Gasteiger partial charge in [0, 0.05) is 6.07 Å². The summed E-state index contributed by atoms with van der Waals surface area (Å²) in [6.07, 6.45) is 0. The maximum atomic E-state index is 13.0. The van der Waals surface area contributed by atoms with Crippen LogP contribution in [0.4, 0.5) is 30.7 Å². The van der Waals surface area contributed by atoms with Gasteiger partial charge in [-0.15, -0.1) is 0 Å². The van der Waals surface area contributed by atoms with E-state index in [0.717, 1.165) is 0 Å². The summed E-state index contributed by atoms with van der Waals surface area (Å²) in [5, 5.41) is 0. The van der Waals surface area contributed by atoms with Gasteiger partial charge in [0.05, 0.1) is 11.1 Å². The van der Waals surface area contributed by atoms with Gasteiger partial charge >= 0.3 is 5.92 Å². The van der Waals surface area contributed by atoms with E-state index in [1.165, 1.54) is 0 Å². The Morgan fingerprint density at radius 2 is 1.44 bits per heavy atom. The molecule has 0 atom stereocenters. The molecule has 86 valence electrons. The van der Waals surface area contributed by atoms with Gasteiger partial charge in [-0.25, -0.2) is 22.0 Å². The molecule has 0 radical (unpaired) electrons. The third-order valence-corrected chi connectivity index (χ3v) is 2.17. The topological polar surface area (TPSA) is 0 Å². The van der Waals surface area contributed by atoms with Crippen molar-refractivity contribution < 1.29 is 30.7 Å². The number of hydrogen-bond donors (Lipinski definition) is 0. The van der Waals surface area contributed by atoms with Crippen molar-refractivity contribution in [3.05, 3.63) is 40.5 Å². The molecule has 0 aromatic heterocycles. The molecule has 0 bridgehead atoms. The summed E-state index contributed by atoms with van der Waals surface area (Å²) in [6, 6.07) is -0.187. The highest BCUT2D eigenvalue weighted by Gasteiger charge is 2.52. The van der Waals surface area contributed by atoms with Crippen molar-refractivity contribution in [2.45, 2.75) is 5.92 Å². The van der Waals surface area contributed by atoms with Crippen LogP contribution >= 0.6 is 0 Å². The molecule has 1 aliphatic rings. The molecule has 0 spiro atoms. The van der Waals surface area contributed by atoms with Gasteiger partial charge < -0.3 is 0 Å². The molecule has 0 fully saturated rings. The largest absolute Gasteiger partial charge is 0.330 e. The smallest absolute Gasteiger partial charge is 0.206 e. The van der Waals surface area contributed by atoms with Crippen molar-refractivity contribution in [2.24, 2.45) is 0 Å². The maximum Gasteiger partial charge on any atom is 0.330 e. The monoisotopic (exact) mass is 242 g/mol. The third-order valence-electron chi connectivity index (χ3n) is 2.17. The number of rotatable bonds is 0. The van der Waals surface area contributed by atoms with E-state index < -0.39 is 46.2 Å². The second kappa shape index (κ2) is 2.99. The maximum absolute atomic E-state index is 13.0. The van der Waals surface area contributed by atoms with Crippen molar-refractivity contribution in [1.82, 2.24) is 0 Å². The predicted molar refractivity (Wildman–Crippen MR) is 39.3 cm³/mol. The quantitative estimate of drug-likeness (QED) is 0.479. The first-order valence-electron chi connectivity index (χ1n) is 3.90. The highest BCUT2D eigenvalue weighted by Crippen LogP contribution is 2.51. The Labute approximate surface area is 84.0 Å². The van der Waals surface area contributed by atoms with Crippen LogP contribution in [0.2, 0.25) is 0 Å². The molecule has 0 aliphatic heterocycles. The summed E-state index contributed by atoms with van der Waals surface area (Å²) < 4.78 is 89.9. The van der Waals surface area contributed by atoms with Gasteiger partial charge in [0.1, 0.15) is 5.82 Å². The summed E-state index contributed by atoms with van der Waals surface area (Å²) in [6.45, 7) is 0. The zero-order valence-corrected chi connectivity index (χ0v) is 7.22. The SMILES string of the molecule is FC1=C(F)C(F)(F)c2c(F)cc(F)c(F)c21. The highest BCUT2D eigenvalue weighted by atomic mass is 19.3. The lowest BCUT2D eigenvalue weighted by Gasteiger charge is -2.11. The fourth-order valence-electron chi connectivity index (χ4n) is 1.47. The minimum Gasteiger partial charge on any atom is -0.206 e. The Kier molecular flexibility index (Phi) is 2.05. The van der Waals surface area contributed by atoms with Crippen LogP contribution in [0.1, 0.15) is 11.1 Å². The lowest BCUT2D eigenvalue weighted by molar-refractivity contribution is 0.0144. The first-order valence-corrected chi connectivity index (χ1v) is 3.90. The van der Waals surface area contributed by atoms with E-state index in [0.29, 0.717) is 0 Å². The predicted octanol–water partition coefficient (Wildman–Crippen LogP) is 3.82. The molecule has 0 saturated carbocycles. The summed E-state index contributed by atoms with van der Waals surface area (Å²) in [5.74, 6) is -15.3. The van der Waals surface area contributed by atoms with Crippen LogP contribution in [0.15, 0.2) is 11.9 Å². The van der Waals surface area contributed by atoms with E-state index in [1.807, 2.05) is 0 Å². The van der Waals surface area contributed by atoms with Crippen molar-refractivity contribution >= 4 is 5.83 Å². The van der Waals surface area contributed by atoms with Crippen LogP contribution in [-0.2, 0) is 5.92 Å². The van der Waals surface area contributed by atoms with Gasteiger partial charge in [0.25, 0.3) is 0 Å². The van der Waals surface area contributed by atoms with Crippen LogP contribution in [0.3, 0.4) is 0 Å². The normalized spacial score (nSPS) is 17.9. The number of halogens is 7. The van der Waals surface area contributed by atoms with E-state index in [4.69, 9.17) is 0 Å². The standard InChI is InChI=1S/C9HF7/c10-2-1-3(11)6(12)4-5(2)9(15,16)8(14)7(4)13/h1H. The summed E-state index contributed by atoms with van der Waals surface area (Å²) >= 11 is 0. The van der Waals surface area contributed by atoms with Crippen LogP contribution in [0.25, 0.3) is 5.83 Å². The second-order valence-corrected chi connectivity index (χ2v) is 3.11. The number of benzene rings is 1. The van der Waals surface area contributed by atoms with E-state index in [2.05, 4.69) is 0 Å². The fraction of sp³-hybridized carbons (Fsp3) is 0.111. The van der Waals surface area contributed by atoms with E-state index in [-0.39, 0.29) is 6.07 Å². The Morgan fingerprint density at radius 1 is 0.875 bits per heavy atom. The van der Waals surface area contributed by atoms with Crippen molar-refractivity contribution in [3.8, 4) is 0 Å². The molecule has 16 heavy (non-hydrogen) atoms. The molecule has 0 amide bonds. The van der Waals surface area contributed by atoms with E-state index >= 15 is 0 Å². The summed E-state index contributed by atoms with van der Waals surface area (Å²) in [4.78, 5) is 0. The van der Waals surface area contributed by atoms with E-state index in [1.54, 1.807) is 0 Å². The molecular weight excluding hydrogens is 241 g/mol. The van der Waals surface area contributed by atoms with Gasteiger partial charge in [-0.05, 0) is 0 Å². The average Bonchev–Trinajstić information content (AvgIpc) is 2.36. The molecule has 0 unspecified atom stereocenters. The van der Waals surface area contributed by atoms with Crippen molar-refractivity contribution in [1.29, 1.82) is 0 Å². The molecule has 0 N–H and O–H groups in total. The molecule has 0 nitrogen and oxygen atoms in total. The molecule has 0 saturated heterocycles. The number of alkyl halides is 2. The van der Waals surface area contributed by atoms with Gasteiger partial charge in [-0.1, -0.05) is 0 Å². The molecule has 2 rings (SSSR count). The van der Waals surface area contributed by atoms with Crippen molar-refractivity contribution in [2.75, 3.05) is 0 Å². The van der Waals surface area contributed by atoms with E-state index in [9.17, 15) is 30.7 Å². The average molecular weight is 242 g/mol. The minimum atomic E-state index is -4.61. The van der Waals surface area contributed by atoms with Crippen LogP contribution < -0.4 is 0 Å². The number of fused-ring (bicyclic) bond motifs is 1. The van der Waals surface area contributed by atoms with Gasteiger partial charge in [0.15, 0.2) is 17.5 Å². The third kappa shape index (κ3) is 1.11. The molecule has 1 aliphatic carbocycles. The second-order valence-electron chi connectivity index (χ2n) is 3.11. The summed E-state index contributed by atoms with van der Waals surface area (Å²) in [5.41, 5.74) is -3.51. The Balaban J connectivity index is 2.90. The lowest BCUT2D eigenvalue weighted by atomic mass is 10.1. The molecule has 1 aromatic rings. The Hall–Kier alpha value is -1.53. The van der Waals surface area contributed by atoms with Gasteiger partial charge in [-0.3, -0.25) is 0 Å². The molecule has 0 heterocycles. The number of hydrogen-bond acceptors (Lipinski definition) is 0. The highest BCUT2D eigenvalue weighted by molar-refractivity contribution is 5.73. The summed E-state index contributed by atoms with van der Waals surface area (Å²) in [7, 11) is 0. The van der Waals surface area contributed by atoms with Gasteiger partial charge in [0.2, 0.25) is 5.83 Å². The zero-order valence-electron chi connectivity index (χ0n) is 7.22. The fourth-order valence-corrected chi connectivity index (χ4v) is 1.47. The first-order chi connectivity index (χ1) is 7.28. The first kappa shape index (κ1) is 11.0. The molecule has 1 aromatic carbocycles. The van der Waals surface area contributed by atoms with Crippen molar-refractivity contribution in [3.63, 3.8) is 0 Å². The Morgan fingerprint density at radius 3 is 2.00 bits per heavy atom. The van der Waals surface area contributed by atoms with Crippen LogP contribution in [-0.4, -0.2) is 0 Å². The zero-order chi connectivity index (χ0) is 12.2.